The third-order valence-corrected chi connectivity index (χ3v) is 9.47. The van der Waals surface area contributed by atoms with Crippen LogP contribution in [0.1, 0.15) is 29.2 Å². The van der Waals surface area contributed by atoms with Gasteiger partial charge in [0.25, 0.3) is 0 Å². The number of nitrogens with zero attached hydrogens (tertiary/aromatic N) is 2. The molecule has 1 saturated heterocycles. The van der Waals surface area contributed by atoms with Crippen molar-refractivity contribution in [3.05, 3.63) is 132 Å². The summed E-state index contributed by atoms with van der Waals surface area (Å²) >= 11 is 5.28. The summed E-state index contributed by atoms with van der Waals surface area (Å²) in [6.45, 7) is 2.03. The minimum absolute atomic E-state index is 0.0604. The number of carbonyl (C=O) groups excluding carboxylic acids is 1. The Bertz CT molecular complexity index is 1540. The highest BCUT2D eigenvalue weighted by molar-refractivity contribution is 7.89. The van der Waals surface area contributed by atoms with E-state index in [4.69, 9.17) is 12.2 Å². The Morgan fingerprint density at radius 3 is 1.81 bits per heavy atom. The van der Waals surface area contributed by atoms with Gasteiger partial charge in [0.05, 0.1) is 10.9 Å². The van der Waals surface area contributed by atoms with Crippen LogP contribution in [0.25, 0.3) is 0 Å². The lowest BCUT2D eigenvalue weighted by atomic mass is 9.96. The zero-order valence-electron chi connectivity index (χ0n) is 23.2. The number of nitrogens with one attached hydrogen (secondary N) is 2. The molecule has 0 radical (unpaired) electrons. The maximum absolute atomic E-state index is 13.5. The van der Waals surface area contributed by atoms with Crippen LogP contribution in [-0.4, -0.2) is 54.8 Å². The van der Waals surface area contributed by atoms with Crippen LogP contribution in [-0.2, 0) is 21.2 Å². The summed E-state index contributed by atoms with van der Waals surface area (Å²) in [5.41, 5.74) is 4.06. The van der Waals surface area contributed by atoms with Gasteiger partial charge in [0.2, 0.25) is 15.9 Å². The van der Waals surface area contributed by atoms with E-state index in [1.807, 2.05) is 66.7 Å². The molecular formula is C33H34N4O3S2. The number of aryl methyl sites for hydroxylation is 1. The first kappa shape index (κ1) is 29.6. The summed E-state index contributed by atoms with van der Waals surface area (Å²) in [6.07, 6.45) is 0.934. The maximum atomic E-state index is 13.5. The van der Waals surface area contributed by atoms with Crippen molar-refractivity contribution in [2.45, 2.75) is 23.8 Å². The maximum Gasteiger partial charge on any atom is 0.243 e. The number of amides is 1. The van der Waals surface area contributed by atoms with E-state index in [9.17, 15) is 13.2 Å². The zero-order chi connectivity index (χ0) is 29.4. The summed E-state index contributed by atoms with van der Waals surface area (Å²) < 4.78 is 28.5. The minimum atomic E-state index is -3.66. The number of piperazine rings is 1. The Morgan fingerprint density at radius 1 is 0.738 bits per heavy atom. The molecular weight excluding hydrogens is 565 g/mol. The van der Waals surface area contributed by atoms with E-state index in [1.165, 1.54) is 11.1 Å². The van der Waals surface area contributed by atoms with Crippen LogP contribution in [0, 0.1) is 0 Å². The molecule has 0 spiro atoms. The number of anilines is 1. The number of rotatable bonds is 9. The van der Waals surface area contributed by atoms with Crippen LogP contribution < -0.4 is 10.6 Å². The molecule has 216 valence electrons. The SMILES string of the molecule is O=C(CCc1ccccc1)NC(=S)Nc1ccc(S(=O)(=O)N2CCN(C(c3ccccc3)c3ccccc3)CC2)cc1. The van der Waals surface area contributed by atoms with Crippen LogP contribution in [0.3, 0.4) is 0 Å². The second-order valence-electron chi connectivity index (χ2n) is 10.2. The van der Waals surface area contributed by atoms with Gasteiger partial charge in [0.1, 0.15) is 0 Å². The molecule has 2 N–H and O–H groups in total. The fourth-order valence-corrected chi connectivity index (χ4v) is 6.85. The molecule has 1 amide bonds. The normalized spacial score (nSPS) is 14.4. The number of hydrogen-bond donors (Lipinski definition) is 2. The quantitative estimate of drug-likeness (QED) is 0.257. The van der Waals surface area contributed by atoms with E-state index in [2.05, 4.69) is 39.8 Å². The first-order valence-corrected chi connectivity index (χ1v) is 15.8. The summed E-state index contributed by atoms with van der Waals surface area (Å²) in [6, 6.07) is 37.0. The zero-order valence-corrected chi connectivity index (χ0v) is 24.9. The molecule has 1 aliphatic rings. The van der Waals surface area contributed by atoms with Gasteiger partial charge in [-0.1, -0.05) is 91.0 Å². The first-order valence-electron chi connectivity index (χ1n) is 14.0. The lowest BCUT2D eigenvalue weighted by Crippen LogP contribution is -2.49. The number of sulfonamides is 1. The Morgan fingerprint density at radius 2 is 1.26 bits per heavy atom. The Labute approximate surface area is 253 Å². The standard InChI is InChI=1S/C33H34N4O3S2/c38-31(21-16-26-10-4-1-5-11-26)35-33(41)34-29-17-19-30(20-18-29)42(39,40)37-24-22-36(23-25-37)32(27-12-6-2-7-13-27)28-14-8-3-9-15-28/h1-15,17-20,32H,16,21-25H2,(H2,34,35,38,41). The lowest BCUT2D eigenvalue weighted by molar-refractivity contribution is -0.119. The van der Waals surface area contributed by atoms with Gasteiger partial charge >= 0.3 is 0 Å². The average Bonchev–Trinajstić information content (AvgIpc) is 3.02. The summed E-state index contributed by atoms with van der Waals surface area (Å²) in [4.78, 5) is 14.8. The van der Waals surface area contributed by atoms with Crippen LogP contribution >= 0.6 is 12.2 Å². The van der Waals surface area contributed by atoms with Gasteiger partial charge in [-0.3, -0.25) is 9.69 Å². The Hall–Kier alpha value is -3.89. The van der Waals surface area contributed by atoms with Gasteiger partial charge < -0.3 is 10.6 Å². The highest BCUT2D eigenvalue weighted by Gasteiger charge is 2.32. The van der Waals surface area contributed by atoms with Crippen LogP contribution in [0.5, 0.6) is 0 Å². The van der Waals surface area contributed by atoms with Gasteiger partial charge in [-0.05, 0) is 59.6 Å². The van der Waals surface area contributed by atoms with Crippen molar-refractivity contribution in [3.63, 3.8) is 0 Å². The number of carbonyl (C=O) groups is 1. The summed E-state index contributed by atoms with van der Waals surface area (Å²) in [7, 11) is -3.66. The van der Waals surface area contributed by atoms with Crippen molar-refractivity contribution in [1.29, 1.82) is 0 Å². The molecule has 4 aromatic carbocycles. The van der Waals surface area contributed by atoms with Gasteiger partial charge in [-0.15, -0.1) is 0 Å². The minimum Gasteiger partial charge on any atom is -0.332 e. The van der Waals surface area contributed by atoms with E-state index in [0.29, 0.717) is 44.7 Å². The molecule has 1 aliphatic heterocycles. The van der Waals surface area contributed by atoms with E-state index in [0.717, 1.165) is 5.56 Å². The van der Waals surface area contributed by atoms with Crippen molar-refractivity contribution in [2.75, 3.05) is 31.5 Å². The summed E-state index contributed by atoms with van der Waals surface area (Å²) in [5, 5.41) is 5.82. The molecule has 1 heterocycles. The molecule has 0 aliphatic carbocycles. The third kappa shape index (κ3) is 7.49. The molecule has 0 saturated carbocycles. The third-order valence-electron chi connectivity index (χ3n) is 7.36. The van der Waals surface area contributed by atoms with E-state index in [-0.39, 0.29) is 22.0 Å². The molecule has 1 fully saturated rings. The van der Waals surface area contributed by atoms with Gasteiger partial charge in [0, 0.05) is 38.3 Å². The Balaban J connectivity index is 1.16. The number of benzene rings is 4. The van der Waals surface area contributed by atoms with Crippen LogP contribution in [0.15, 0.2) is 120 Å². The van der Waals surface area contributed by atoms with Crippen molar-refractivity contribution < 1.29 is 13.2 Å². The summed E-state index contributed by atoms with van der Waals surface area (Å²) in [5.74, 6) is -0.184. The second kappa shape index (κ2) is 13.8. The number of hydrogen-bond acceptors (Lipinski definition) is 5. The molecule has 7 nitrogen and oxygen atoms in total. The van der Waals surface area contributed by atoms with Gasteiger partial charge in [-0.2, -0.15) is 4.31 Å². The molecule has 4 aromatic rings. The predicted molar refractivity (Wildman–Crippen MR) is 171 cm³/mol. The van der Waals surface area contributed by atoms with E-state index in [1.54, 1.807) is 28.6 Å². The largest absolute Gasteiger partial charge is 0.332 e. The fraction of sp³-hybridized carbons (Fsp3) is 0.212. The highest BCUT2D eigenvalue weighted by Crippen LogP contribution is 2.30. The average molecular weight is 599 g/mol. The molecule has 0 bridgehead atoms. The van der Waals surface area contributed by atoms with Crippen molar-refractivity contribution >= 4 is 38.9 Å². The second-order valence-corrected chi connectivity index (χ2v) is 12.5. The molecule has 5 rings (SSSR count). The highest BCUT2D eigenvalue weighted by atomic mass is 32.2. The predicted octanol–water partition coefficient (Wildman–Crippen LogP) is 5.23. The molecule has 42 heavy (non-hydrogen) atoms. The smallest absolute Gasteiger partial charge is 0.243 e. The van der Waals surface area contributed by atoms with E-state index < -0.39 is 10.0 Å². The lowest BCUT2D eigenvalue weighted by Gasteiger charge is -2.39. The van der Waals surface area contributed by atoms with Gasteiger partial charge in [-0.25, -0.2) is 8.42 Å². The monoisotopic (exact) mass is 598 g/mol. The van der Waals surface area contributed by atoms with Gasteiger partial charge in [0.15, 0.2) is 5.11 Å². The Kier molecular flexibility index (Phi) is 9.76. The van der Waals surface area contributed by atoms with Crippen molar-refractivity contribution in [2.24, 2.45) is 0 Å². The van der Waals surface area contributed by atoms with Crippen LogP contribution in [0.4, 0.5) is 5.69 Å². The van der Waals surface area contributed by atoms with Crippen molar-refractivity contribution in [1.82, 2.24) is 14.5 Å². The van der Waals surface area contributed by atoms with Crippen molar-refractivity contribution in [3.8, 4) is 0 Å². The molecule has 0 atom stereocenters. The number of thiocarbonyl (C=S) groups is 1. The molecule has 0 unspecified atom stereocenters. The van der Waals surface area contributed by atoms with E-state index >= 15 is 0 Å². The fourth-order valence-electron chi connectivity index (χ4n) is 5.20. The molecule has 9 heteroatoms. The first-order chi connectivity index (χ1) is 20.4. The molecule has 0 aromatic heterocycles. The topological polar surface area (TPSA) is 81.8 Å². The van der Waals surface area contributed by atoms with Crippen LogP contribution in [0.2, 0.25) is 0 Å².